The maximum atomic E-state index is 3.91. The molecule has 1 unspecified atom stereocenters. The molecule has 0 aliphatic carbocycles. The van der Waals surface area contributed by atoms with Crippen LogP contribution in [0.2, 0.25) is 0 Å². The summed E-state index contributed by atoms with van der Waals surface area (Å²) in [5.41, 5.74) is 0. The van der Waals surface area contributed by atoms with Crippen LogP contribution in [0.15, 0.2) is 66.6 Å². The number of fused-ring (bicyclic) bond motifs is 4. The Morgan fingerprint density at radius 1 is 1.00 bits per heavy atom. The van der Waals surface area contributed by atoms with Crippen molar-refractivity contribution in [2.45, 2.75) is 23.0 Å². The molecule has 0 radical (unpaired) electrons. The lowest BCUT2D eigenvalue weighted by molar-refractivity contribution is 1.13. The fourth-order valence-corrected chi connectivity index (χ4v) is 6.34. The van der Waals surface area contributed by atoms with E-state index >= 15 is 0 Å². The van der Waals surface area contributed by atoms with Gasteiger partial charge in [-0.25, -0.2) is 0 Å². The molecule has 0 nitrogen and oxygen atoms in total. The van der Waals surface area contributed by atoms with Crippen LogP contribution in [0.3, 0.4) is 0 Å². The normalized spacial score (nSPS) is 16.4. The zero-order valence-corrected chi connectivity index (χ0v) is 15.6. The predicted octanol–water partition coefficient (Wildman–Crippen LogP) is 6.49. The number of thioether (sulfide) groups is 1. The van der Waals surface area contributed by atoms with Gasteiger partial charge in [-0.2, -0.15) is 0 Å². The molecule has 1 aliphatic rings. The molecule has 0 fully saturated rings. The molecule has 5 rings (SSSR count). The third kappa shape index (κ3) is 2.28. The minimum atomic E-state index is 0.512. The lowest BCUT2D eigenvalue weighted by Crippen LogP contribution is -2.03. The average Bonchev–Trinajstić information content (AvgIpc) is 3.19. The molecule has 0 saturated heterocycles. The van der Waals surface area contributed by atoms with Gasteiger partial charge in [0.2, 0.25) is 0 Å². The summed E-state index contributed by atoms with van der Waals surface area (Å²) in [4.78, 5) is 2.81. The van der Waals surface area contributed by atoms with Gasteiger partial charge in [0, 0.05) is 25.1 Å². The van der Waals surface area contributed by atoms with Gasteiger partial charge < -0.3 is 0 Å². The van der Waals surface area contributed by atoms with Crippen LogP contribution in [0.4, 0.5) is 0 Å². The molecule has 2 heteroatoms. The van der Waals surface area contributed by atoms with Gasteiger partial charge in [0.1, 0.15) is 0 Å². The quantitative estimate of drug-likeness (QED) is 0.376. The lowest BCUT2D eigenvalue weighted by Gasteiger charge is -2.09. The zero-order valence-electron chi connectivity index (χ0n) is 13.9. The second-order valence-corrected chi connectivity index (χ2v) is 9.01. The molecule has 122 valence electrons. The summed E-state index contributed by atoms with van der Waals surface area (Å²) >= 11 is 3.89. The van der Waals surface area contributed by atoms with Crippen LogP contribution in [0.25, 0.3) is 37.7 Å². The largest absolute Gasteiger partial charge is 0.139 e. The van der Waals surface area contributed by atoms with E-state index in [9.17, 15) is 0 Å². The molecule has 25 heavy (non-hydrogen) atoms. The van der Waals surface area contributed by atoms with Gasteiger partial charge in [0.05, 0.1) is 0 Å². The highest BCUT2D eigenvalue weighted by Crippen LogP contribution is 2.41. The van der Waals surface area contributed by atoms with Crippen molar-refractivity contribution < 1.29 is 0 Å². The number of hydrogen-bond donors (Lipinski definition) is 0. The second-order valence-electron chi connectivity index (χ2n) is 6.59. The van der Waals surface area contributed by atoms with Crippen molar-refractivity contribution >= 4 is 60.8 Å². The van der Waals surface area contributed by atoms with Crippen molar-refractivity contribution in [2.75, 3.05) is 0 Å². The highest BCUT2D eigenvalue weighted by Gasteiger charge is 2.19. The van der Waals surface area contributed by atoms with Crippen LogP contribution in [0, 0.1) is 0 Å². The molecule has 3 aromatic carbocycles. The molecule has 1 aliphatic heterocycles. The third-order valence-corrected chi connectivity index (χ3v) is 7.37. The Bertz CT molecular complexity index is 1210. The Hall–Kier alpha value is -2.03. The van der Waals surface area contributed by atoms with Crippen LogP contribution in [-0.4, -0.2) is 5.25 Å². The Balaban J connectivity index is 1.90. The predicted molar refractivity (Wildman–Crippen MR) is 115 cm³/mol. The van der Waals surface area contributed by atoms with Crippen molar-refractivity contribution in [1.29, 1.82) is 0 Å². The molecule has 1 aromatic heterocycles. The van der Waals surface area contributed by atoms with Gasteiger partial charge in [-0.3, -0.25) is 0 Å². The smallest absolute Gasteiger partial charge is 0.0425 e. The first kappa shape index (κ1) is 15.2. The molecule has 0 saturated carbocycles. The first-order valence-corrected chi connectivity index (χ1v) is 10.3. The van der Waals surface area contributed by atoms with Crippen LogP contribution < -0.4 is 5.22 Å². The minimum absolute atomic E-state index is 0.512. The van der Waals surface area contributed by atoms with E-state index in [1.54, 1.807) is 0 Å². The minimum Gasteiger partial charge on any atom is -0.139 e. The van der Waals surface area contributed by atoms with Crippen LogP contribution in [0.1, 0.15) is 11.3 Å². The maximum Gasteiger partial charge on any atom is 0.0425 e. The van der Waals surface area contributed by atoms with Crippen LogP contribution in [0.5, 0.6) is 0 Å². The zero-order chi connectivity index (χ0) is 17.0. The standard InChI is InChI=1S/C23H18S2/c1-3-6-16-11-15-10-14-8-5-9-18-19-12-17(7-4-2)24-21(19)13-20(22(14)18)23(15)25-16/h3-5,8-13,17H,1-2,6-7H2. The summed E-state index contributed by atoms with van der Waals surface area (Å²) in [5.74, 6) is 0. The number of benzene rings is 3. The molecular formula is C23H18S2. The van der Waals surface area contributed by atoms with E-state index in [-0.39, 0.29) is 0 Å². The molecule has 2 heterocycles. The number of rotatable bonds is 4. The maximum absolute atomic E-state index is 3.91. The van der Waals surface area contributed by atoms with Gasteiger partial charge in [-0.15, -0.1) is 36.3 Å². The lowest BCUT2D eigenvalue weighted by atomic mass is 9.97. The van der Waals surface area contributed by atoms with Gasteiger partial charge in [0.25, 0.3) is 0 Å². The monoisotopic (exact) mass is 358 g/mol. The van der Waals surface area contributed by atoms with Crippen molar-refractivity contribution in [3.63, 3.8) is 0 Å². The average molecular weight is 359 g/mol. The Morgan fingerprint density at radius 2 is 1.92 bits per heavy atom. The van der Waals surface area contributed by atoms with E-state index in [1.165, 1.54) is 46.6 Å². The topological polar surface area (TPSA) is 0 Å². The first-order chi connectivity index (χ1) is 12.3. The van der Waals surface area contributed by atoms with E-state index in [0.717, 1.165) is 12.8 Å². The number of thiophene rings is 1. The van der Waals surface area contributed by atoms with Crippen molar-refractivity contribution in [3.8, 4) is 0 Å². The van der Waals surface area contributed by atoms with E-state index in [2.05, 4.69) is 55.6 Å². The first-order valence-electron chi connectivity index (χ1n) is 8.59. The summed E-state index contributed by atoms with van der Waals surface area (Å²) < 4.78 is 1.41. The Labute approximate surface area is 155 Å². The molecule has 0 bridgehead atoms. The van der Waals surface area contributed by atoms with Crippen LogP contribution >= 0.6 is 23.1 Å². The SMILES string of the molecule is C=CCc1cc2cc3cccc4c5c(cc(c2s1)c34)SC(CC=C)C=5. The Morgan fingerprint density at radius 3 is 2.76 bits per heavy atom. The van der Waals surface area contributed by atoms with Crippen molar-refractivity contribution in [2.24, 2.45) is 0 Å². The van der Waals surface area contributed by atoms with E-state index in [4.69, 9.17) is 0 Å². The number of allylic oxidation sites excluding steroid dienone is 2. The van der Waals surface area contributed by atoms with E-state index < -0.39 is 0 Å². The van der Waals surface area contributed by atoms with Crippen molar-refractivity contribution in [3.05, 3.63) is 71.8 Å². The summed E-state index contributed by atoms with van der Waals surface area (Å²) in [6, 6.07) is 13.8. The number of hydrogen-bond acceptors (Lipinski definition) is 2. The van der Waals surface area contributed by atoms with Gasteiger partial charge in [0.15, 0.2) is 0 Å². The molecule has 1 atom stereocenters. The van der Waals surface area contributed by atoms with E-state index in [0.29, 0.717) is 5.25 Å². The summed E-state index contributed by atoms with van der Waals surface area (Å²) in [6.45, 7) is 7.81. The van der Waals surface area contributed by atoms with E-state index in [1.807, 2.05) is 35.3 Å². The molecule has 4 aromatic rings. The van der Waals surface area contributed by atoms with Gasteiger partial charge in [-0.05, 0) is 57.8 Å². The summed E-state index contributed by atoms with van der Waals surface area (Å²) in [5, 5.41) is 8.84. The summed E-state index contributed by atoms with van der Waals surface area (Å²) in [6.07, 6.45) is 8.42. The molecule has 0 spiro atoms. The fourth-order valence-electron chi connectivity index (χ4n) is 3.93. The van der Waals surface area contributed by atoms with Gasteiger partial charge in [-0.1, -0.05) is 36.4 Å². The van der Waals surface area contributed by atoms with Crippen LogP contribution in [-0.2, 0) is 6.42 Å². The third-order valence-electron chi connectivity index (χ3n) is 4.94. The molecular weight excluding hydrogens is 340 g/mol. The highest BCUT2D eigenvalue weighted by atomic mass is 32.2. The Kier molecular flexibility index (Phi) is 3.51. The summed E-state index contributed by atoms with van der Waals surface area (Å²) in [7, 11) is 0. The fraction of sp³-hybridized carbons (Fsp3) is 0.130. The molecule has 0 N–H and O–H groups in total. The second kappa shape index (κ2) is 5.76. The highest BCUT2D eigenvalue weighted by molar-refractivity contribution is 8.00. The van der Waals surface area contributed by atoms with Gasteiger partial charge >= 0.3 is 0 Å². The molecule has 0 amide bonds. The van der Waals surface area contributed by atoms with Crippen molar-refractivity contribution in [1.82, 2.24) is 0 Å².